The lowest BCUT2D eigenvalue weighted by atomic mass is 9.65. The number of hydrogen-bond acceptors (Lipinski definition) is 2. The average Bonchev–Trinajstić information content (AvgIpc) is 2.69. The van der Waals surface area contributed by atoms with Gasteiger partial charge in [0, 0.05) is 23.5 Å². The average molecular weight is 268 g/mol. The van der Waals surface area contributed by atoms with Crippen LogP contribution in [0.25, 0.3) is 0 Å². The maximum Gasteiger partial charge on any atom is 0.181 e. The van der Waals surface area contributed by atoms with E-state index in [1.165, 1.54) is 0 Å². The summed E-state index contributed by atoms with van der Waals surface area (Å²) < 4.78 is 0. The minimum atomic E-state index is 0.0218. The van der Waals surface area contributed by atoms with Crippen LogP contribution >= 0.6 is 0 Å². The van der Waals surface area contributed by atoms with Crippen molar-refractivity contribution in [3.8, 4) is 0 Å². The van der Waals surface area contributed by atoms with Gasteiger partial charge in [0.25, 0.3) is 0 Å². The van der Waals surface area contributed by atoms with E-state index < -0.39 is 0 Å². The van der Waals surface area contributed by atoms with E-state index in [0.29, 0.717) is 18.8 Å². The molecule has 0 aromatic heterocycles. The van der Waals surface area contributed by atoms with Crippen molar-refractivity contribution in [3.63, 3.8) is 0 Å². The number of carbonyl (C=O) groups excluding carboxylic acids is 2. The first kappa shape index (κ1) is 13.3. The van der Waals surface area contributed by atoms with Crippen LogP contribution in [0.2, 0.25) is 0 Å². The van der Waals surface area contributed by atoms with Crippen LogP contribution in [0.3, 0.4) is 0 Å². The molecule has 0 bridgehead atoms. The second-order valence-electron chi connectivity index (χ2n) is 6.24. The summed E-state index contributed by atoms with van der Waals surface area (Å²) in [7, 11) is 0. The Balaban J connectivity index is 2.14. The molecule has 0 heterocycles. The summed E-state index contributed by atoms with van der Waals surface area (Å²) >= 11 is 0. The van der Waals surface area contributed by atoms with Gasteiger partial charge in [-0.25, -0.2) is 0 Å². The van der Waals surface area contributed by atoms with Crippen molar-refractivity contribution in [2.24, 2.45) is 17.8 Å². The highest BCUT2D eigenvalue weighted by Crippen LogP contribution is 2.49. The smallest absolute Gasteiger partial charge is 0.181 e. The predicted molar refractivity (Wildman–Crippen MR) is 79.1 cm³/mol. The molecule has 0 radical (unpaired) electrons. The summed E-state index contributed by atoms with van der Waals surface area (Å²) in [5, 5.41) is 0. The Hall–Kier alpha value is -1.70. The molecule has 3 aliphatic rings. The molecule has 1 saturated carbocycles. The molecular weight excluding hydrogens is 248 g/mol. The normalized spacial score (nSPS) is 33.0. The van der Waals surface area contributed by atoms with Crippen molar-refractivity contribution in [2.45, 2.75) is 32.6 Å². The molecule has 0 aromatic carbocycles. The van der Waals surface area contributed by atoms with E-state index in [4.69, 9.17) is 0 Å². The highest BCUT2D eigenvalue weighted by molar-refractivity contribution is 6.14. The molecule has 1 fully saturated rings. The fraction of sp³-hybridized carbons (Fsp3) is 0.444. The van der Waals surface area contributed by atoms with Crippen molar-refractivity contribution in [3.05, 3.63) is 47.6 Å². The van der Waals surface area contributed by atoms with Crippen LogP contribution in [0.15, 0.2) is 47.6 Å². The number of allylic oxidation sites excluding steroid dienone is 6. The number of ketones is 2. The van der Waals surface area contributed by atoms with Crippen molar-refractivity contribution < 1.29 is 9.59 Å². The minimum Gasteiger partial charge on any atom is -0.295 e. The van der Waals surface area contributed by atoms with Crippen molar-refractivity contribution >= 4 is 11.6 Å². The van der Waals surface area contributed by atoms with Crippen LogP contribution in [-0.4, -0.2) is 11.6 Å². The maximum absolute atomic E-state index is 12.3. The first-order valence-corrected chi connectivity index (χ1v) is 7.32. The summed E-state index contributed by atoms with van der Waals surface area (Å²) in [6, 6.07) is 0. The Labute approximate surface area is 119 Å². The topological polar surface area (TPSA) is 34.1 Å². The van der Waals surface area contributed by atoms with Crippen LogP contribution in [0.5, 0.6) is 0 Å². The highest BCUT2D eigenvalue weighted by atomic mass is 16.1. The van der Waals surface area contributed by atoms with Gasteiger partial charge >= 0.3 is 0 Å². The molecule has 3 rings (SSSR count). The number of carbonyl (C=O) groups is 2. The van der Waals surface area contributed by atoms with Crippen molar-refractivity contribution in [2.75, 3.05) is 0 Å². The molecule has 2 heteroatoms. The van der Waals surface area contributed by atoms with E-state index in [1.54, 1.807) is 6.08 Å². The summed E-state index contributed by atoms with van der Waals surface area (Å²) in [6.45, 7) is 10.3. The number of fused-ring (bicyclic) bond motifs is 2. The molecule has 3 unspecified atom stereocenters. The molecule has 0 spiro atoms. The fourth-order valence-corrected chi connectivity index (χ4v) is 4.00. The van der Waals surface area contributed by atoms with Crippen LogP contribution in [0, 0.1) is 17.8 Å². The Morgan fingerprint density at radius 2 is 2.00 bits per heavy atom. The lowest BCUT2D eigenvalue weighted by molar-refractivity contribution is -0.115. The molecule has 0 saturated heterocycles. The fourth-order valence-electron chi connectivity index (χ4n) is 4.00. The number of Topliss-reactive ketones (excluding diaryl/α,β-unsaturated/α-hetero) is 1. The van der Waals surface area contributed by atoms with Crippen molar-refractivity contribution in [1.29, 1.82) is 0 Å². The minimum absolute atomic E-state index is 0.0218. The van der Waals surface area contributed by atoms with Crippen LogP contribution in [-0.2, 0) is 9.59 Å². The second kappa shape index (κ2) is 4.69. The van der Waals surface area contributed by atoms with Gasteiger partial charge in [0.2, 0.25) is 0 Å². The van der Waals surface area contributed by atoms with Gasteiger partial charge in [-0.1, -0.05) is 30.4 Å². The number of hydrogen-bond donors (Lipinski definition) is 0. The number of rotatable bonds is 1. The predicted octanol–water partition coefficient (Wildman–Crippen LogP) is 3.56. The molecule has 2 nitrogen and oxygen atoms in total. The summed E-state index contributed by atoms with van der Waals surface area (Å²) in [5.41, 5.74) is 3.75. The molecule has 104 valence electrons. The van der Waals surface area contributed by atoms with Gasteiger partial charge in [0.15, 0.2) is 11.6 Å². The van der Waals surface area contributed by atoms with E-state index in [1.807, 2.05) is 13.0 Å². The van der Waals surface area contributed by atoms with Crippen LogP contribution in [0.1, 0.15) is 32.6 Å². The molecule has 0 aromatic rings. The van der Waals surface area contributed by atoms with Crippen LogP contribution < -0.4 is 0 Å². The highest BCUT2D eigenvalue weighted by Gasteiger charge is 2.43. The van der Waals surface area contributed by atoms with Gasteiger partial charge in [-0.05, 0) is 44.1 Å². The monoisotopic (exact) mass is 268 g/mol. The van der Waals surface area contributed by atoms with Gasteiger partial charge in [-0.2, -0.15) is 0 Å². The second-order valence-corrected chi connectivity index (χ2v) is 6.24. The molecule has 0 N–H and O–H groups in total. The molecule has 3 aliphatic carbocycles. The third kappa shape index (κ3) is 1.86. The third-order valence-corrected chi connectivity index (χ3v) is 5.00. The summed E-state index contributed by atoms with van der Waals surface area (Å²) in [5.74, 6) is 0.712. The van der Waals surface area contributed by atoms with Gasteiger partial charge in [-0.3, -0.25) is 9.59 Å². The molecule has 3 atom stereocenters. The molecule has 0 amide bonds. The standard InChI is InChI=1S/C18H20O2/c1-10(2)12-5-4-11(3)17-13(12)6-8-15(19)14-7-9-16(20)18(14)17/h6,8,12-13,17H,1,3-5,7,9H2,2H3. The molecule has 20 heavy (non-hydrogen) atoms. The Bertz CT molecular complexity index is 589. The Kier molecular flexibility index (Phi) is 3.12. The quantitative estimate of drug-likeness (QED) is 0.681. The first-order chi connectivity index (χ1) is 9.50. The Morgan fingerprint density at radius 1 is 1.25 bits per heavy atom. The van der Waals surface area contributed by atoms with E-state index in [-0.39, 0.29) is 23.4 Å². The van der Waals surface area contributed by atoms with E-state index in [9.17, 15) is 9.59 Å². The van der Waals surface area contributed by atoms with E-state index >= 15 is 0 Å². The van der Waals surface area contributed by atoms with Gasteiger partial charge < -0.3 is 0 Å². The van der Waals surface area contributed by atoms with E-state index in [2.05, 4.69) is 13.2 Å². The molecular formula is C18H20O2. The van der Waals surface area contributed by atoms with Gasteiger partial charge in [0.05, 0.1) is 0 Å². The zero-order chi connectivity index (χ0) is 14.4. The van der Waals surface area contributed by atoms with Gasteiger partial charge in [-0.15, -0.1) is 0 Å². The van der Waals surface area contributed by atoms with Crippen molar-refractivity contribution in [1.82, 2.24) is 0 Å². The lowest BCUT2D eigenvalue weighted by Crippen LogP contribution is -2.31. The lowest BCUT2D eigenvalue weighted by Gasteiger charge is -2.38. The first-order valence-electron chi connectivity index (χ1n) is 7.32. The summed E-state index contributed by atoms with van der Waals surface area (Å²) in [6.07, 6.45) is 6.70. The SMILES string of the molecule is C=C(C)C1CCC(=C)C2C3=C(CCC3=O)C(=O)C=CC12. The molecule has 0 aliphatic heterocycles. The summed E-state index contributed by atoms with van der Waals surface area (Å²) in [4.78, 5) is 24.5. The van der Waals surface area contributed by atoms with Crippen LogP contribution in [0.4, 0.5) is 0 Å². The largest absolute Gasteiger partial charge is 0.295 e. The zero-order valence-electron chi connectivity index (χ0n) is 11.9. The third-order valence-electron chi connectivity index (χ3n) is 5.00. The Morgan fingerprint density at radius 3 is 2.70 bits per heavy atom. The zero-order valence-corrected chi connectivity index (χ0v) is 11.9. The van der Waals surface area contributed by atoms with E-state index in [0.717, 1.165) is 35.1 Å². The van der Waals surface area contributed by atoms with Gasteiger partial charge in [0.1, 0.15) is 0 Å². The maximum atomic E-state index is 12.3.